The fourth-order valence-electron chi connectivity index (χ4n) is 2.68. The van der Waals surface area contributed by atoms with Crippen molar-refractivity contribution < 1.29 is 14.1 Å². The maximum atomic E-state index is 13.2. The molecule has 0 radical (unpaired) electrons. The van der Waals surface area contributed by atoms with Crippen LogP contribution >= 0.6 is 0 Å². The summed E-state index contributed by atoms with van der Waals surface area (Å²) in [6.07, 6.45) is 1.40. The monoisotopic (exact) mass is 323 g/mol. The van der Waals surface area contributed by atoms with Gasteiger partial charge in [-0.25, -0.2) is 4.39 Å². The lowest BCUT2D eigenvalue weighted by Crippen LogP contribution is -2.49. The summed E-state index contributed by atoms with van der Waals surface area (Å²) in [6.45, 7) is 6.26. The molecule has 0 aliphatic carbocycles. The first-order valence-corrected chi connectivity index (χ1v) is 7.85. The largest absolute Gasteiger partial charge is 0.362 e. The molecule has 0 aromatic heterocycles. The van der Waals surface area contributed by atoms with Crippen LogP contribution in [0.15, 0.2) is 18.2 Å². The number of benzene rings is 1. The Hall–Kier alpha value is -2.18. The quantitative estimate of drug-likeness (QED) is 0.617. The van der Waals surface area contributed by atoms with Crippen LogP contribution in [0, 0.1) is 21.8 Å². The minimum atomic E-state index is -0.622. The first-order valence-electron chi connectivity index (χ1n) is 7.85. The van der Waals surface area contributed by atoms with Crippen LogP contribution in [0.3, 0.4) is 0 Å². The molecule has 0 spiro atoms. The van der Waals surface area contributed by atoms with Gasteiger partial charge in [0, 0.05) is 32.6 Å². The third kappa shape index (κ3) is 4.40. The Balaban J connectivity index is 1.99. The van der Waals surface area contributed by atoms with Crippen molar-refractivity contribution in [2.24, 2.45) is 5.92 Å². The molecule has 6 nitrogen and oxygen atoms in total. The molecule has 7 heteroatoms. The third-order valence-electron chi connectivity index (χ3n) is 4.04. The van der Waals surface area contributed by atoms with Crippen molar-refractivity contribution in [3.05, 3.63) is 34.1 Å². The van der Waals surface area contributed by atoms with Gasteiger partial charge in [0.2, 0.25) is 5.91 Å². The second-order valence-corrected chi connectivity index (χ2v) is 6.19. The van der Waals surface area contributed by atoms with Gasteiger partial charge in [0.1, 0.15) is 11.5 Å². The summed E-state index contributed by atoms with van der Waals surface area (Å²) in [5.74, 6) is -0.00277. The Morgan fingerprint density at radius 2 is 1.96 bits per heavy atom. The van der Waals surface area contributed by atoms with Gasteiger partial charge < -0.3 is 9.80 Å². The molecule has 0 atom stereocenters. The number of nitro benzene ring substituents is 1. The van der Waals surface area contributed by atoms with Gasteiger partial charge in [-0.15, -0.1) is 0 Å². The Morgan fingerprint density at radius 1 is 1.30 bits per heavy atom. The number of halogens is 1. The van der Waals surface area contributed by atoms with Crippen LogP contribution in [0.1, 0.15) is 26.7 Å². The highest BCUT2D eigenvalue weighted by Crippen LogP contribution is 2.29. The van der Waals surface area contributed by atoms with E-state index in [0.29, 0.717) is 44.2 Å². The Morgan fingerprint density at radius 3 is 2.52 bits per heavy atom. The molecular formula is C16H22FN3O3. The SMILES string of the molecule is CC(C)CCC(=O)N1CCN(c2ccc(F)cc2[N+](=O)[O-])CC1. The summed E-state index contributed by atoms with van der Waals surface area (Å²) in [5, 5.41) is 11.1. The van der Waals surface area contributed by atoms with Crippen molar-refractivity contribution >= 4 is 17.3 Å². The van der Waals surface area contributed by atoms with Crippen LogP contribution in [-0.4, -0.2) is 41.9 Å². The molecule has 0 unspecified atom stereocenters. The molecule has 126 valence electrons. The number of nitrogens with zero attached hydrogens (tertiary/aromatic N) is 3. The highest BCUT2D eigenvalue weighted by atomic mass is 19.1. The first-order chi connectivity index (χ1) is 10.9. The summed E-state index contributed by atoms with van der Waals surface area (Å²) >= 11 is 0. The van der Waals surface area contributed by atoms with E-state index in [1.165, 1.54) is 12.1 Å². The summed E-state index contributed by atoms with van der Waals surface area (Å²) in [6, 6.07) is 3.60. The summed E-state index contributed by atoms with van der Waals surface area (Å²) in [5.41, 5.74) is 0.176. The van der Waals surface area contributed by atoms with E-state index in [4.69, 9.17) is 0 Å². The van der Waals surface area contributed by atoms with Crippen molar-refractivity contribution in [2.75, 3.05) is 31.1 Å². The van der Waals surface area contributed by atoms with E-state index in [1.807, 2.05) is 4.90 Å². The summed E-state index contributed by atoms with van der Waals surface area (Å²) in [4.78, 5) is 26.3. The van der Waals surface area contributed by atoms with Crippen molar-refractivity contribution in [1.29, 1.82) is 0 Å². The molecule has 0 saturated carbocycles. The topological polar surface area (TPSA) is 66.7 Å². The smallest absolute Gasteiger partial charge is 0.295 e. The standard InChI is InChI=1S/C16H22FN3O3/c1-12(2)3-6-16(21)19-9-7-18(8-10-19)14-5-4-13(17)11-15(14)20(22)23/h4-5,11-12H,3,6-10H2,1-2H3. The van der Waals surface area contributed by atoms with Gasteiger partial charge in [0.25, 0.3) is 5.69 Å². The predicted octanol–water partition coefficient (Wildman–Crippen LogP) is 2.82. The first kappa shape index (κ1) is 17.2. The number of hydrogen-bond donors (Lipinski definition) is 0. The number of piperazine rings is 1. The van der Waals surface area contributed by atoms with Crippen molar-refractivity contribution in [1.82, 2.24) is 4.90 Å². The maximum absolute atomic E-state index is 13.2. The highest BCUT2D eigenvalue weighted by Gasteiger charge is 2.26. The zero-order valence-electron chi connectivity index (χ0n) is 13.5. The molecule has 0 bridgehead atoms. The molecule has 0 N–H and O–H groups in total. The van der Waals surface area contributed by atoms with E-state index in [-0.39, 0.29) is 11.6 Å². The molecule has 2 rings (SSSR count). The lowest BCUT2D eigenvalue weighted by molar-refractivity contribution is -0.384. The zero-order chi connectivity index (χ0) is 17.0. The average molecular weight is 323 g/mol. The molecule has 1 aliphatic rings. The van der Waals surface area contributed by atoms with Crippen molar-refractivity contribution in [2.45, 2.75) is 26.7 Å². The second kappa shape index (κ2) is 7.39. The number of rotatable bonds is 5. The number of hydrogen-bond acceptors (Lipinski definition) is 4. The van der Waals surface area contributed by atoms with Gasteiger partial charge in [-0.2, -0.15) is 0 Å². The minimum absolute atomic E-state index is 0.131. The molecule has 1 amide bonds. The van der Waals surface area contributed by atoms with Crippen LogP contribution in [-0.2, 0) is 4.79 Å². The second-order valence-electron chi connectivity index (χ2n) is 6.19. The molecule has 1 fully saturated rings. The number of carbonyl (C=O) groups excluding carboxylic acids is 1. The number of carbonyl (C=O) groups is 1. The van der Waals surface area contributed by atoms with Crippen molar-refractivity contribution in [3.63, 3.8) is 0 Å². The fraction of sp³-hybridized carbons (Fsp3) is 0.562. The van der Waals surface area contributed by atoms with Crippen LogP contribution < -0.4 is 4.90 Å². The Bertz CT molecular complexity index is 584. The van der Waals surface area contributed by atoms with Crippen molar-refractivity contribution in [3.8, 4) is 0 Å². The molecule has 1 aromatic carbocycles. The van der Waals surface area contributed by atoms with Gasteiger partial charge in [0.15, 0.2) is 0 Å². The number of nitro groups is 1. The molecule has 1 saturated heterocycles. The van der Waals surface area contributed by atoms with Gasteiger partial charge in [-0.05, 0) is 24.5 Å². The van der Waals surface area contributed by atoms with Gasteiger partial charge in [-0.1, -0.05) is 13.8 Å². The number of anilines is 1. The van der Waals surface area contributed by atoms with E-state index in [0.717, 1.165) is 12.5 Å². The zero-order valence-corrected chi connectivity index (χ0v) is 13.5. The van der Waals surface area contributed by atoms with E-state index in [1.54, 1.807) is 4.90 Å². The van der Waals surface area contributed by atoms with Crippen LogP contribution in [0.2, 0.25) is 0 Å². The summed E-state index contributed by atoms with van der Waals surface area (Å²) in [7, 11) is 0. The lowest BCUT2D eigenvalue weighted by atomic mass is 10.1. The lowest BCUT2D eigenvalue weighted by Gasteiger charge is -2.36. The fourth-order valence-corrected chi connectivity index (χ4v) is 2.68. The third-order valence-corrected chi connectivity index (χ3v) is 4.04. The Kier molecular flexibility index (Phi) is 5.52. The normalized spacial score (nSPS) is 15.1. The van der Waals surface area contributed by atoms with Gasteiger partial charge in [0.05, 0.1) is 11.0 Å². The Labute approximate surface area is 135 Å². The van der Waals surface area contributed by atoms with Gasteiger partial charge in [-0.3, -0.25) is 14.9 Å². The molecule has 1 heterocycles. The molecule has 1 aromatic rings. The van der Waals surface area contributed by atoms with Gasteiger partial charge >= 0.3 is 0 Å². The van der Waals surface area contributed by atoms with Crippen LogP contribution in [0.5, 0.6) is 0 Å². The molecule has 1 aliphatic heterocycles. The molecule has 23 heavy (non-hydrogen) atoms. The minimum Gasteiger partial charge on any atom is -0.362 e. The van der Waals surface area contributed by atoms with Crippen LogP contribution in [0.25, 0.3) is 0 Å². The van der Waals surface area contributed by atoms with E-state index < -0.39 is 10.7 Å². The van der Waals surface area contributed by atoms with E-state index >= 15 is 0 Å². The number of amides is 1. The van der Waals surface area contributed by atoms with Crippen LogP contribution in [0.4, 0.5) is 15.8 Å². The van der Waals surface area contributed by atoms with E-state index in [2.05, 4.69) is 13.8 Å². The molecular weight excluding hydrogens is 301 g/mol. The predicted molar refractivity (Wildman–Crippen MR) is 85.9 cm³/mol. The maximum Gasteiger partial charge on any atom is 0.295 e. The average Bonchev–Trinajstić information content (AvgIpc) is 2.52. The highest BCUT2D eigenvalue weighted by molar-refractivity contribution is 5.76. The van der Waals surface area contributed by atoms with E-state index in [9.17, 15) is 19.3 Å². The summed E-state index contributed by atoms with van der Waals surface area (Å²) < 4.78 is 13.2.